The molecular weight excluding hydrogens is 455 g/mol. The van der Waals surface area contributed by atoms with Gasteiger partial charge in [0.2, 0.25) is 0 Å². The Morgan fingerprint density at radius 1 is 0.643 bits per heavy atom. The molecule has 2 atom stereocenters. The molecule has 2 aromatic rings. The summed E-state index contributed by atoms with van der Waals surface area (Å²) in [6.07, 6.45) is 1.59. The largest absolute Gasteiger partial charge is 1.00 e. The Balaban J connectivity index is 0.00000364. The average molecular weight is 477 g/mol. The molecule has 0 aliphatic rings. The van der Waals surface area contributed by atoms with Crippen molar-refractivity contribution >= 4 is 20.2 Å². The second-order valence-corrected chi connectivity index (χ2v) is 8.96. The van der Waals surface area contributed by atoms with Crippen LogP contribution in [0.1, 0.15) is 49.7 Å². The first-order valence-electron chi connectivity index (χ1n) is 8.22. The van der Waals surface area contributed by atoms with E-state index in [1.165, 1.54) is 24.3 Å². The fourth-order valence-corrected chi connectivity index (χ4v) is 4.24. The van der Waals surface area contributed by atoms with E-state index in [0.29, 0.717) is 0 Å². The van der Waals surface area contributed by atoms with Gasteiger partial charge in [-0.05, 0) is 60.1 Å². The smallest absolute Gasteiger partial charge is 0.282 e. The van der Waals surface area contributed by atoms with Crippen LogP contribution >= 0.6 is 0 Å². The predicted molar refractivity (Wildman–Crippen MR) is 98.6 cm³/mol. The molecule has 28 heavy (non-hydrogen) atoms. The molecule has 2 rings (SSSR count). The zero-order valence-electron chi connectivity index (χ0n) is 16.5. The normalized spacial score (nSPS) is 13.7. The van der Waals surface area contributed by atoms with Crippen LogP contribution in [0, 0.1) is 0 Å². The zero-order chi connectivity index (χ0) is 19.5. The molecule has 0 saturated heterocycles. The molecular formula is C18H22K2O6S2+2. The van der Waals surface area contributed by atoms with E-state index >= 15 is 0 Å². The molecule has 2 N–H and O–H groups in total. The summed E-state index contributed by atoms with van der Waals surface area (Å²) in [7, 11) is -8.46. The quantitative estimate of drug-likeness (QED) is 0.349. The number of hydrogen-bond acceptors (Lipinski definition) is 4. The summed E-state index contributed by atoms with van der Waals surface area (Å²) in [5.41, 5.74) is 1.87. The summed E-state index contributed by atoms with van der Waals surface area (Å²) in [4.78, 5) is -0.302. The van der Waals surface area contributed by atoms with Crippen LogP contribution in [0.4, 0.5) is 0 Å². The number of benzene rings is 2. The fraction of sp³-hybridized carbons (Fsp3) is 0.333. The van der Waals surface area contributed by atoms with Crippen molar-refractivity contribution < 1.29 is 129 Å². The first kappa shape index (κ1) is 29.5. The van der Waals surface area contributed by atoms with Crippen molar-refractivity contribution in [2.75, 3.05) is 0 Å². The molecule has 0 bridgehead atoms. The van der Waals surface area contributed by atoms with Gasteiger partial charge in [0, 0.05) is 0 Å². The van der Waals surface area contributed by atoms with Crippen LogP contribution in [0.15, 0.2) is 58.3 Å². The minimum absolute atomic E-state index is 0. The van der Waals surface area contributed by atoms with Crippen molar-refractivity contribution in [3.8, 4) is 0 Å². The Labute approximate surface area is 252 Å². The van der Waals surface area contributed by atoms with Gasteiger partial charge in [-0.1, -0.05) is 38.1 Å². The minimum atomic E-state index is -4.23. The molecule has 2 aromatic carbocycles. The standard InChI is InChI=1S/C18H22O6S2.2K/c1-3-17(13-5-9-15(10-6-13)25(19,20)21)18(4-2)14-7-11-16(12-8-14)26(22,23)24;;/h5-12,17-18H,3-4H2,1-2H3,(H,19,20,21)(H,22,23,24);;/q;2*+1. The summed E-state index contributed by atoms with van der Waals surface area (Å²) in [5.74, 6) is 0.180. The summed E-state index contributed by atoms with van der Waals surface area (Å²) in [6, 6.07) is 12.3. The van der Waals surface area contributed by atoms with Crippen molar-refractivity contribution in [2.45, 2.75) is 48.3 Å². The van der Waals surface area contributed by atoms with E-state index in [0.717, 1.165) is 24.0 Å². The third-order valence-electron chi connectivity index (χ3n) is 4.58. The second kappa shape index (κ2) is 12.5. The Kier molecular flexibility index (Phi) is 13.2. The van der Waals surface area contributed by atoms with E-state index in [1.807, 2.05) is 13.8 Å². The van der Waals surface area contributed by atoms with Gasteiger partial charge in [0.1, 0.15) is 0 Å². The van der Waals surface area contributed by atoms with Crippen LogP contribution in [0.25, 0.3) is 0 Å². The SMILES string of the molecule is CCC(c1ccc(S(=O)(=O)O)cc1)C(CC)c1ccc(S(=O)(=O)O)cc1.[K+].[K+]. The molecule has 2 unspecified atom stereocenters. The van der Waals surface area contributed by atoms with Crippen LogP contribution in [-0.4, -0.2) is 25.9 Å². The summed E-state index contributed by atoms with van der Waals surface area (Å²) >= 11 is 0. The van der Waals surface area contributed by atoms with Crippen LogP contribution in [0.5, 0.6) is 0 Å². The van der Waals surface area contributed by atoms with Gasteiger partial charge in [0.05, 0.1) is 9.79 Å². The summed E-state index contributed by atoms with van der Waals surface area (Å²) < 4.78 is 63.0. The maximum atomic E-state index is 11.2. The molecule has 0 heterocycles. The monoisotopic (exact) mass is 476 g/mol. The third-order valence-corrected chi connectivity index (χ3v) is 6.31. The van der Waals surface area contributed by atoms with E-state index in [9.17, 15) is 16.8 Å². The minimum Gasteiger partial charge on any atom is -0.282 e. The van der Waals surface area contributed by atoms with Gasteiger partial charge in [-0.15, -0.1) is 0 Å². The number of rotatable bonds is 7. The third kappa shape index (κ3) is 7.90. The van der Waals surface area contributed by atoms with Crippen LogP contribution < -0.4 is 103 Å². The van der Waals surface area contributed by atoms with Gasteiger partial charge < -0.3 is 0 Å². The molecule has 0 spiro atoms. The maximum absolute atomic E-state index is 11.2. The topological polar surface area (TPSA) is 109 Å². The predicted octanol–water partition coefficient (Wildman–Crippen LogP) is -2.12. The van der Waals surface area contributed by atoms with Crippen LogP contribution in [0.2, 0.25) is 0 Å². The molecule has 0 aromatic heterocycles. The Morgan fingerprint density at radius 3 is 1.07 bits per heavy atom. The van der Waals surface area contributed by atoms with Gasteiger partial charge in [0.25, 0.3) is 20.2 Å². The van der Waals surface area contributed by atoms with Gasteiger partial charge in [0.15, 0.2) is 0 Å². The van der Waals surface area contributed by atoms with Gasteiger partial charge in [-0.3, -0.25) is 9.11 Å². The van der Waals surface area contributed by atoms with Crippen LogP contribution in [-0.2, 0) is 20.2 Å². The van der Waals surface area contributed by atoms with Gasteiger partial charge in [-0.2, -0.15) is 16.8 Å². The average Bonchev–Trinajstić information content (AvgIpc) is 2.58. The molecule has 0 fully saturated rings. The Morgan fingerprint density at radius 2 is 0.893 bits per heavy atom. The van der Waals surface area contributed by atoms with E-state index in [2.05, 4.69) is 0 Å². The van der Waals surface area contributed by atoms with Crippen molar-refractivity contribution in [1.82, 2.24) is 0 Å². The number of hydrogen-bond donors (Lipinski definition) is 2. The summed E-state index contributed by atoms with van der Waals surface area (Å²) in [6.45, 7) is 4.05. The van der Waals surface area contributed by atoms with E-state index < -0.39 is 20.2 Å². The fourth-order valence-electron chi connectivity index (χ4n) is 3.28. The molecule has 10 heteroatoms. The molecule has 142 valence electrons. The molecule has 0 aliphatic carbocycles. The Bertz CT molecular complexity index is 875. The molecule has 0 saturated carbocycles. The van der Waals surface area contributed by atoms with Crippen molar-refractivity contribution in [1.29, 1.82) is 0 Å². The molecule has 6 nitrogen and oxygen atoms in total. The maximum Gasteiger partial charge on any atom is 1.00 e. The van der Waals surface area contributed by atoms with E-state index in [-0.39, 0.29) is 124 Å². The van der Waals surface area contributed by atoms with Crippen molar-refractivity contribution in [3.63, 3.8) is 0 Å². The Hall–Kier alpha value is 1.53. The van der Waals surface area contributed by atoms with Crippen LogP contribution in [0.3, 0.4) is 0 Å². The van der Waals surface area contributed by atoms with Gasteiger partial charge in [-0.25, -0.2) is 0 Å². The van der Waals surface area contributed by atoms with E-state index in [4.69, 9.17) is 9.11 Å². The molecule has 0 amide bonds. The first-order valence-corrected chi connectivity index (χ1v) is 11.1. The molecule has 0 radical (unpaired) electrons. The van der Waals surface area contributed by atoms with E-state index in [1.54, 1.807) is 24.3 Å². The molecule has 0 aliphatic heterocycles. The zero-order valence-corrected chi connectivity index (χ0v) is 24.4. The second-order valence-electron chi connectivity index (χ2n) is 6.12. The van der Waals surface area contributed by atoms with Crippen molar-refractivity contribution in [2.24, 2.45) is 0 Å². The first-order chi connectivity index (χ1) is 12.1. The van der Waals surface area contributed by atoms with Gasteiger partial charge >= 0.3 is 103 Å². The summed E-state index contributed by atoms with van der Waals surface area (Å²) in [5, 5.41) is 0. The van der Waals surface area contributed by atoms with Crippen molar-refractivity contribution in [3.05, 3.63) is 59.7 Å².